The number of hydrogen-bond acceptors (Lipinski definition) is 4. The van der Waals surface area contributed by atoms with Gasteiger partial charge in [0.05, 0.1) is 0 Å². The number of anilines is 1. The van der Waals surface area contributed by atoms with Crippen molar-refractivity contribution in [2.45, 2.75) is 25.6 Å². The lowest BCUT2D eigenvalue weighted by molar-refractivity contribution is -0.141. The summed E-state index contributed by atoms with van der Waals surface area (Å²) in [7, 11) is 1.89. The minimum absolute atomic E-state index is 0.247. The molecule has 118 valence electrons. The van der Waals surface area contributed by atoms with Crippen molar-refractivity contribution in [3.8, 4) is 0 Å². The molecular formula is C14H16F3N5. The number of fused-ring (bicyclic) bond motifs is 1. The Hall–Kier alpha value is -2.12. The highest BCUT2D eigenvalue weighted by atomic mass is 19.4. The molecule has 3 rings (SSSR count). The molecule has 0 aromatic carbocycles. The van der Waals surface area contributed by atoms with Crippen LogP contribution < -0.4 is 4.90 Å². The summed E-state index contributed by atoms with van der Waals surface area (Å²) in [5.74, 6) is 1.38. The van der Waals surface area contributed by atoms with E-state index in [9.17, 15) is 13.2 Å². The summed E-state index contributed by atoms with van der Waals surface area (Å²) < 4.78 is 39.7. The normalized spacial score (nSPS) is 18.1. The second kappa shape index (κ2) is 5.58. The molecule has 3 heterocycles. The molecule has 2 aromatic rings. The average molecular weight is 311 g/mol. The molecule has 0 radical (unpaired) electrons. The summed E-state index contributed by atoms with van der Waals surface area (Å²) in [5.41, 5.74) is -0.803. The van der Waals surface area contributed by atoms with Crippen LogP contribution in [0.5, 0.6) is 0 Å². The monoisotopic (exact) mass is 311 g/mol. The van der Waals surface area contributed by atoms with Gasteiger partial charge in [0.15, 0.2) is 5.69 Å². The standard InChI is InChI=1S/C14H16F3N5/c1-21(13-18-5-2-6-19-13)7-10-3-4-12-20-11(14(15,16)17)9-22(12)8-10/h2,5-6,9-10H,3-4,7-8H2,1H3. The van der Waals surface area contributed by atoms with Crippen LogP contribution in [0.15, 0.2) is 24.7 Å². The summed E-state index contributed by atoms with van der Waals surface area (Å²) in [6.45, 7) is 1.23. The number of rotatable bonds is 3. The molecule has 0 bridgehead atoms. The van der Waals surface area contributed by atoms with Crippen LogP contribution in [0.1, 0.15) is 17.9 Å². The smallest absolute Gasteiger partial charge is 0.344 e. The Morgan fingerprint density at radius 2 is 2.05 bits per heavy atom. The predicted octanol–water partition coefficient (Wildman–Crippen LogP) is 2.39. The van der Waals surface area contributed by atoms with E-state index in [1.807, 2.05) is 11.9 Å². The van der Waals surface area contributed by atoms with Gasteiger partial charge < -0.3 is 9.47 Å². The number of aromatic nitrogens is 4. The number of alkyl halides is 3. The fourth-order valence-corrected chi connectivity index (χ4v) is 2.76. The first kappa shape index (κ1) is 14.8. The van der Waals surface area contributed by atoms with Gasteiger partial charge in [-0.05, 0) is 18.4 Å². The van der Waals surface area contributed by atoms with E-state index < -0.39 is 11.9 Å². The van der Waals surface area contributed by atoms with Crippen molar-refractivity contribution < 1.29 is 13.2 Å². The number of hydrogen-bond donors (Lipinski definition) is 0. The molecule has 0 amide bonds. The third-order valence-electron chi connectivity index (χ3n) is 3.81. The zero-order valence-corrected chi connectivity index (χ0v) is 12.1. The van der Waals surface area contributed by atoms with Gasteiger partial charge in [0.1, 0.15) is 5.82 Å². The average Bonchev–Trinajstić information content (AvgIpc) is 2.91. The first-order valence-corrected chi connectivity index (χ1v) is 7.05. The van der Waals surface area contributed by atoms with Crippen molar-refractivity contribution in [1.82, 2.24) is 19.5 Å². The molecule has 22 heavy (non-hydrogen) atoms. The third-order valence-corrected chi connectivity index (χ3v) is 3.81. The van der Waals surface area contributed by atoms with Crippen molar-refractivity contribution in [3.63, 3.8) is 0 Å². The van der Waals surface area contributed by atoms with E-state index in [0.717, 1.165) is 12.6 Å². The van der Waals surface area contributed by atoms with Gasteiger partial charge in [0, 0.05) is 45.1 Å². The lowest BCUT2D eigenvalue weighted by atomic mass is 9.99. The molecule has 1 atom stereocenters. The van der Waals surface area contributed by atoms with Gasteiger partial charge in [0.2, 0.25) is 5.95 Å². The van der Waals surface area contributed by atoms with Gasteiger partial charge in [-0.3, -0.25) is 0 Å². The van der Waals surface area contributed by atoms with Crippen molar-refractivity contribution in [1.29, 1.82) is 0 Å². The van der Waals surface area contributed by atoms with E-state index in [4.69, 9.17) is 0 Å². The van der Waals surface area contributed by atoms with E-state index in [2.05, 4.69) is 15.0 Å². The SMILES string of the molecule is CN(CC1CCc2nc(C(F)(F)F)cn2C1)c1ncccn1. The molecule has 1 aliphatic rings. The van der Waals surface area contributed by atoms with Gasteiger partial charge in [0.25, 0.3) is 0 Å². The minimum Gasteiger partial charge on any atom is -0.344 e. The molecular weight excluding hydrogens is 295 g/mol. The lowest BCUT2D eigenvalue weighted by Gasteiger charge is -2.28. The summed E-state index contributed by atoms with van der Waals surface area (Å²) in [6.07, 6.45) is 1.44. The van der Waals surface area contributed by atoms with Crippen LogP contribution in [-0.4, -0.2) is 33.1 Å². The Bertz CT molecular complexity index is 638. The predicted molar refractivity (Wildman–Crippen MR) is 74.3 cm³/mol. The van der Waals surface area contributed by atoms with Crippen molar-refractivity contribution in [3.05, 3.63) is 36.2 Å². The number of nitrogens with zero attached hydrogens (tertiary/aromatic N) is 5. The molecule has 0 aliphatic carbocycles. The molecule has 5 nitrogen and oxygen atoms in total. The lowest BCUT2D eigenvalue weighted by Crippen LogP contribution is -2.32. The van der Waals surface area contributed by atoms with Gasteiger partial charge in [-0.15, -0.1) is 0 Å². The number of imidazole rings is 1. The maximum absolute atomic E-state index is 12.7. The van der Waals surface area contributed by atoms with Crippen LogP contribution in [-0.2, 0) is 19.1 Å². The molecule has 0 saturated heterocycles. The Morgan fingerprint density at radius 3 is 2.73 bits per heavy atom. The minimum atomic E-state index is -4.38. The Balaban J connectivity index is 1.68. The Morgan fingerprint density at radius 1 is 1.32 bits per heavy atom. The van der Waals surface area contributed by atoms with E-state index in [0.29, 0.717) is 31.3 Å². The highest BCUT2D eigenvalue weighted by molar-refractivity contribution is 5.26. The molecule has 0 fully saturated rings. The van der Waals surface area contributed by atoms with E-state index in [-0.39, 0.29) is 5.92 Å². The van der Waals surface area contributed by atoms with Crippen LogP contribution >= 0.6 is 0 Å². The topological polar surface area (TPSA) is 46.8 Å². The van der Waals surface area contributed by atoms with Crippen LogP contribution in [0.2, 0.25) is 0 Å². The maximum atomic E-state index is 12.7. The molecule has 0 saturated carbocycles. The molecule has 2 aromatic heterocycles. The van der Waals surface area contributed by atoms with Crippen LogP contribution in [0.3, 0.4) is 0 Å². The second-order valence-electron chi connectivity index (χ2n) is 5.53. The van der Waals surface area contributed by atoms with Gasteiger partial charge in [-0.2, -0.15) is 13.2 Å². The van der Waals surface area contributed by atoms with E-state index >= 15 is 0 Å². The van der Waals surface area contributed by atoms with E-state index in [1.54, 1.807) is 23.0 Å². The van der Waals surface area contributed by atoms with Crippen LogP contribution in [0, 0.1) is 5.92 Å². The first-order chi connectivity index (χ1) is 10.4. The van der Waals surface area contributed by atoms with Crippen LogP contribution in [0.25, 0.3) is 0 Å². The number of halogens is 3. The molecule has 1 unspecified atom stereocenters. The van der Waals surface area contributed by atoms with Gasteiger partial charge >= 0.3 is 6.18 Å². The molecule has 0 spiro atoms. The fraction of sp³-hybridized carbons (Fsp3) is 0.500. The first-order valence-electron chi connectivity index (χ1n) is 7.05. The Labute approximate surface area is 125 Å². The Kier molecular flexibility index (Phi) is 3.76. The molecule has 8 heteroatoms. The zero-order chi connectivity index (χ0) is 15.7. The maximum Gasteiger partial charge on any atom is 0.434 e. The van der Waals surface area contributed by atoms with Crippen molar-refractivity contribution >= 4 is 5.95 Å². The highest BCUT2D eigenvalue weighted by Gasteiger charge is 2.35. The third kappa shape index (κ3) is 3.05. The summed E-state index contributed by atoms with van der Waals surface area (Å²) in [4.78, 5) is 14.0. The fourth-order valence-electron chi connectivity index (χ4n) is 2.76. The quantitative estimate of drug-likeness (QED) is 0.873. The molecule has 1 aliphatic heterocycles. The van der Waals surface area contributed by atoms with E-state index in [1.165, 1.54) is 0 Å². The van der Waals surface area contributed by atoms with Gasteiger partial charge in [-0.1, -0.05) is 0 Å². The summed E-state index contributed by atoms with van der Waals surface area (Å²) >= 11 is 0. The van der Waals surface area contributed by atoms with Crippen molar-refractivity contribution in [2.75, 3.05) is 18.5 Å². The highest BCUT2D eigenvalue weighted by Crippen LogP contribution is 2.30. The number of aryl methyl sites for hydroxylation is 1. The molecule has 0 N–H and O–H groups in total. The van der Waals surface area contributed by atoms with Crippen LogP contribution in [0.4, 0.5) is 19.1 Å². The van der Waals surface area contributed by atoms with Crippen molar-refractivity contribution in [2.24, 2.45) is 5.92 Å². The summed E-state index contributed by atoms with van der Waals surface area (Å²) in [5, 5.41) is 0. The largest absolute Gasteiger partial charge is 0.434 e. The summed E-state index contributed by atoms with van der Waals surface area (Å²) in [6, 6.07) is 1.74. The second-order valence-corrected chi connectivity index (χ2v) is 5.53. The van der Waals surface area contributed by atoms with Gasteiger partial charge in [-0.25, -0.2) is 15.0 Å². The zero-order valence-electron chi connectivity index (χ0n) is 12.1.